The van der Waals surface area contributed by atoms with Gasteiger partial charge in [0.25, 0.3) is 0 Å². The molecule has 2 aromatic carbocycles. The van der Waals surface area contributed by atoms with Crippen LogP contribution < -0.4 is 10.5 Å². The molecule has 0 aromatic heterocycles. The van der Waals surface area contributed by atoms with Crippen molar-refractivity contribution in [2.24, 2.45) is 5.14 Å². The van der Waals surface area contributed by atoms with Crippen molar-refractivity contribution in [3.8, 4) is 0 Å². The zero-order valence-corrected chi connectivity index (χ0v) is 16.6. The van der Waals surface area contributed by atoms with Crippen molar-refractivity contribution in [3.05, 3.63) is 70.8 Å². The second kappa shape index (κ2) is 7.04. The molecular formula is C22H28N2O2S. The molecule has 27 heavy (non-hydrogen) atoms. The van der Waals surface area contributed by atoms with E-state index in [0.717, 1.165) is 24.8 Å². The van der Waals surface area contributed by atoms with Crippen LogP contribution in [-0.2, 0) is 29.3 Å². The standard InChI is InChI=1S/C22H28N2O2S/c1-24-21-14-18-9-8-17(15-22(10-5-11-22)27(23,25)26)13-19(18)20(21)12-16-6-3-2-4-7-16/h2-4,6-9,13,20-21,24H,5,10-12,14-15H2,1H3,(H2,23,25,26). The average molecular weight is 385 g/mol. The van der Waals surface area contributed by atoms with Crippen LogP contribution in [-0.4, -0.2) is 26.3 Å². The maximum Gasteiger partial charge on any atom is 0.215 e. The number of benzene rings is 2. The van der Waals surface area contributed by atoms with Gasteiger partial charge >= 0.3 is 0 Å². The van der Waals surface area contributed by atoms with Gasteiger partial charge in [0, 0.05) is 12.0 Å². The number of hydrogen-bond donors (Lipinski definition) is 2. The minimum Gasteiger partial charge on any atom is -0.316 e. The molecule has 3 N–H and O–H groups in total. The Balaban J connectivity index is 1.63. The Morgan fingerprint density at radius 2 is 1.85 bits per heavy atom. The summed E-state index contributed by atoms with van der Waals surface area (Å²) in [6.45, 7) is 0. The summed E-state index contributed by atoms with van der Waals surface area (Å²) in [5.41, 5.74) is 5.16. The van der Waals surface area contributed by atoms with E-state index in [2.05, 4.69) is 47.8 Å². The molecule has 0 spiro atoms. The van der Waals surface area contributed by atoms with Crippen LogP contribution in [0.15, 0.2) is 48.5 Å². The molecule has 144 valence electrons. The largest absolute Gasteiger partial charge is 0.316 e. The molecule has 0 radical (unpaired) electrons. The maximum absolute atomic E-state index is 12.1. The van der Waals surface area contributed by atoms with Crippen LogP contribution in [0.5, 0.6) is 0 Å². The lowest BCUT2D eigenvalue weighted by atomic mass is 9.79. The lowest BCUT2D eigenvalue weighted by molar-refractivity contribution is 0.334. The number of likely N-dealkylation sites (N-methyl/N-ethyl adjacent to an activating group) is 1. The summed E-state index contributed by atoms with van der Waals surface area (Å²) in [5, 5.41) is 9.05. The summed E-state index contributed by atoms with van der Waals surface area (Å²) in [6.07, 6.45) is 4.83. The van der Waals surface area contributed by atoms with Gasteiger partial charge in [-0.3, -0.25) is 0 Å². The number of hydrogen-bond acceptors (Lipinski definition) is 3. The first-order chi connectivity index (χ1) is 12.9. The van der Waals surface area contributed by atoms with Crippen molar-refractivity contribution in [2.45, 2.75) is 55.2 Å². The Hall–Kier alpha value is -1.69. The first-order valence-corrected chi connectivity index (χ1v) is 11.3. The second-order valence-corrected chi connectivity index (χ2v) is 10.1. The number of fused-ring (bicyclic) bond motifs is 1. The fourth-order valence-corrected chi connectivity index (χ4v) is 6.04. The summed E-state index contributed by atoms with van der Waals surface area (Å²) in [4.78, 5) is 0. The molecule has 2 aliphatic rings. The summed E-state index contributed by atoms with van der Waals surface area (Å²) in [6, 6.07) is 17.5. The first kappa shape index (κ1) is 18.7. The van der Waals surface area contributed by atoms with Gasteiger partial charge in [0.2, 0.25) is 10.0 Å². The third-order valence-corrected chi connectivity index (χ3v) is 8.36. The average Bonchev–Trinajstić information content (AvgIpc) is 2.95. The fourth-order valence-electron chi connectivity index (χ4n) is 4.81. The highest BCUT2D eigenvalue weighted by molar-refractivity contribution is 7.90. The molecule has 0 saturated heterocycles. The lowest BCUT2D eigenvalue weighted by Gasteiger charge is -2.39. The number of nitrogens with two attached hydrogens (primary N) is 1. The molecule has 2 aromatic rings. The third-order valence-electron chi connectivity index (χ3n) is 6.60. The van der Waals surface area contributed by atoms with Crippen LogP contribution in [0.2, 0.25) is 0 Å². The molecule has 4 nitrogen and oxygen atoms in total. The van der Waals surface area contributed by atoms with Crippen molar-refractivity contribution in [1.82, 2.24) is 5.32 Å². The predicted octanol–water partition coefficient (Wildman–Crippen LogP) is 2.91. The highest BCUT2D eigenvalue weighted by Crippen LogP contribution is 2.42. The highest BCUT2D eigenvalue weighted by atomic mass is 32.2. The smallest absolute Gasteiger partial charge is 0.215 e. The van der Waals surface area contributed by atoms with Gasteiger partial charge < -0.3 is 5.32 Å². The molecule has 2 atom stereocenters. The van der Waals surface area contributed by atoms with Crippen molar-refractivity contribution >= 4 is 10.0 Å². The molecule has 2 unspecified atom stereocenters. The van der Waals surface area contributed by atoms with E-state index in [4.69, 9.17) is 5.14 Å². The van der Waals surface area contributed by atoms with E-state index in [1.54, 1.807) is 0 Å². The molecule has 0 bridgehead atoms. The van der Waals surface area contributed by atoms with Crippen LogP contribution in [0.3, 0.4) is 0 Å². The topological polar surface area (TPSA) is 72.2 Å². The van der Waals surface area contributed by atoms with Crippen LogP contribution >= 0.6 is 0 Å². The lowest BCUT2D eigenvalue weighted by Crippen LogP contribution is -2.50. The van der Waals surface area contributed by atoms with Gasteiger partial charge in [0.05, 0.1) is 4.75 Å². The normalized spacial score (nSPS) is 23.6. The van der Waals surface area contributed by atoms with Gasteiger partial charge in [-0.2, -0.15) is 0 Å². The van der Waals surface area contributed by atoms with E-state index in [9.17, 15) is 8.42 Å². The van der Waals surface area contributed by atoms with E-state index in [1.807, 2.05) is 13.1 Å². The predicted molar refractivity (Wildman–Crippen MR) is 109 cm³/mol. The Labute approximate surface area is 162 Å². The Morgan fingerprint density at radius 1 is 1.11 bits per heavy atom. The van der Waals surface area contributed by atoms with E-state index in [0.29, 0.717) is 31.2 Å². The third kappa shape index (κ3) is 3.44. The molecule has 5 heteroatoms. The zero-order valence-electron chi connectivity index (χ0n) is 15.8. The molecule has 4 rings (SSSR count). The van der Waals surface area contributed by atoms with Gasteiger partial charge in [-0.05, 0) is 61.4 Å². The van der Waals surface area contributed by atoms with Gasteiger partial charge in [-0.15, -0.1) is 0 Å². The van der Waals surface area contributed by atoms with E-state index >= 15 is 0 Å². The fraction of sp³-hybridized carbons (Fsp3) is 0.455. The van der Waals surface area contributed by atoms with Crippen molar-refractivity contribution in [1.29, 1.82) is 0 Å². The van der Waals surface area contributed by atoms with Crippen molar-refractivity contribution < 1.29 is 8.42 Å². The van der Waals surface area contributed by atoms with Crippen LogP contribution in [0, 0.1) is 0 Å². The first-order valence-electron chi connectivity index (χ1n) is 9.77. The van der Waals surface area contributed by atoms with E-state index < -0.39 is 14.8 Å². The molecular weight excluding hydrogens is 356 g/mol. The van der Waals surface area contributed by atoms with Crippen LogP contribution in [0.25, 0.3) is 0 Å². The molecule has 1 saturated carbocycles. The van der Waals surface area contributed by atoms with Gasteiger partial charge in [0.15, 0.2) is 0 Å². The van der Waals surface area contributed by atoms with Crippen molar-refractivity contribution in [2.75, 3.05) is 7.05 Å². The van der Waals surface area contributed by atoms with Crippen LogP contribution in [0.1, 0.15) is 47.4 Å². The zero-order chi connectivity index (χ0) is 19.1. The SMILES string of the molecule is CNC1Cc2ccc(CC3(S(N)(=O)=O)CCC3)cc2C1Cc1ccccc1. The Bertz CT molecular complexity index is 921. The molecule has 0 amide bonds. The maximum atomic E-state index is 12.1. The summed E-state index contributed by atoms with van der Waals surface area (Å²) in [7, 11) is -1.50. The van der Waals surface area contributed by atoms with Crippen molar-refractivity contribution in [3.63, 3.8) is 0 Å². The minimum atomic E-state index is -3.53. The van der Waals surface area contributed by atoms with E-state index in [1.165, 1.54) is 16.7 Å². The monoisotopic (exact) mass is 384 g/mol. The Morgan fingerprint density at radius 3 is 2.44 bits per heavy atom. The van der Waals surface area contributed by atoms with Gasteiger partial charge in [-0.25, -0.2) is 13.6 Å². The number of sulfonamides is 1. The molecule has 0 heterocycles. The van der Waals surface area contributed by atoms with Gasteiger partial charge in [0.1, 0.15) is 0 Å². The minimum absolute atomic E-state index is 0.402. The second-order valence-electron chi connectivity index (χ2n) is 8.19. The molecule has 2 aliphatic carbocycles. The van der Waals surface area contributed by atoms with E-state index in [-0.39, 0.29) is 0 Å². The van der Waals surface area contributed by atoms with Crippen LogP contribution in [0.4, 0.5) is 0 Å². The number of primary sulfonamides is 1. The number of nitrogens with one attached hydrogen (secondary N) is 1. The number of rotatable bonds is 6. The van der Waals surface area contributed by atoms with Gasteiger partial charge in [-0.1, -0.05) is 55.0 Å². The molecule has 1 fully saturated rings. The summed E-state index contributed by atoms with van der Waals surface area (Å²) < 4.78 is 23.5. The summed E-state index contributed by atoms with van der Waals surface area (Å²) >= 11 is 0. The summed E-state index contributed by atoms with van der Waals surface area (Å²) in [5.74, 6) is 0.402. The quantitative estimate of drug-likeness (QED) is 0.804. The Kier molecular flexibility index (Phi) is 4.87. The molecule has 0 aliphatic heterocycles. The highest BCUT2D eigenvalue weighted by Gasteiger charge is 2.47.